The summed E-state index contributed by atoms with van der Waals surface area (Å²) in [4.78, 5) is 13.0. The number of fused-ring (bicyclic) bond motifs is 3. The fourth-order valence-electron chi connectivity index (χ4n) is 4.98. The summed E-state index contributed by atoms with van der Waals surface area (Å²) in [5.41, 5.74) is 1.81. The molecule has 0 fully saturated rings. The zero-order chi connectivity index (χ0) is 28.1. The molecule has 3 N–H and O–H groups in total. The van der Waals surface area contributed by atoms with Crippen LogP contribution in [0.15, 0.2) is 73.1 Å². The standard InChI is InChI=1S/C28H23F5N4O2/c1-15(2)25(26(38)36-35-19-9-7-17(29)8-10-19)37-14-16(13-34-37)21-11-18(30)12-23-24(21)20-5-3-4-6-22(20)27(23,39)28(31,32)33/h3-15,25,35,39H,1-2H3,(H,36,38). The van der Waals surface area contributed by atoms with Crippen molar-refractivity contribution in [1.29, 1.82) is 0 Å². The Kier molecular flexibility index (Phi) is 6.42. The van der Waals surface area contributed by atoms with Crippen LogP contribution in [0.5, 0.6) is 0 Å². The van der Waals surface area contributed by atoms with Crippen LogP contribution in [0.3, 0.4) is 0 Å². The molecule has 6 nitrogen and oxygen atoms in total. The average Bonchev–Trinajstić information content (AvgIpc) is 3.45. The molecule has 1 amide bonds. The summed E-state index contributed by atoms with van der Waals surface area (Å²) in [7, 11) is 0. The molecule has 1 aromatic heterocycles. The van der Waals surface area contributed by atoms with Gasteiger partial charge >= 0.3 is 6.18 Å². The van der Waals surface area contributed by atoms with Crippen molar-refractivity contribution in [2.24, 2.45) is 5.92 Å². The van der Waals surface area contributed by atoms with Gasteiger partial charge in [-0.2, -0.15) is 18.3 Å². The van der Waals surface area contributed by atoms with Crippen molar-refractivity contribution in [3.63, 3.8) is 0 Å². The van der Waals surface area contributed by atoms with E-state index in [9.17, 15) is 31.9 Å². The molecule has 1 heterocycles. The van der Waals surface area contributed by atoms with Crippen molar-refractivity contribution >= 4 is 11.6 Å². The number of aromatic nitrogens is 2. The van der Waals surface area contributed by atoms with E-state index in [1.54, 1.807) is 13.8 Å². The molecule has 3 aromatic carbocycles. The Hall–Kier alpha value is -4.25. The Morgan fingerprint density at radius 2 is 1.67 bits per heavy atom. The van der Waals surface area contributed by atoms with E-state index >= 15 is 0 Å². The highest BCUT2D eigenvalue weighted by molar-refractivity contribution is 5.92. The normalized spacial score (nSPS) is 17.1. The summed E-state index contributed by atoms with van der Waals surface area (Å²) in [5, 5.41) is 15.2. The fraction of sp³-hybridized carbons (Fsp3) is 0.214. The van der Waals surface area contributed by atoms with E-state index in [1.807, 2.05) is 0 Å². The van der Waals surface area contributed by atoms with Crippen molar-refractivity contribution in [3.05, 3.63) is 95.8 Å². The molecule has 2 atom stereocenters. The van der Waals surface area contributed by atoms with Gasteiger partial charge in [-0.05, 0) is 59.0 Å². The number of halogens is 5. The maximum absolute atomic E-state index is 14.8. The lowest BCUT2D eigenvalue weighted by molar-refractivity contribution is -0.246. The Balaban J connectivity index is 1.53. The first kappa shape index (κ1) is 26.4. The molecule has 0 saturated carbocycles. The van der Waals surface area contributed by atoms with Crippen LogP contribution in [0.2, 0.25) is 0 Å². The van der Waals surface area contributed by atoms with E-state index in [2.05, 4.69) is 16.0 Å². The Bertz CT molecular complexity index is 1550. The first-order chi connectivity index (χ1) is 18.4. The summed E-state index contributed by atoms with van der Waals surface area (Å²) in [6.07, 6.45) is -2.33. The summed E-state index contributed by atoms with van der Waals surface area (Å²) in [6, 6.07) is 11.8. The molecule has 0 saturated heterocycles. The molecule has 0 radical (unpaired) electrons. The third-order valence-electron chi connectivity index (χ3n) is 6.76. The van der Waals surface area contributed by atoms with Gasteiger partial charge in [-0.3, -0.25) is 20.3 Å². The molecular weight excluding hydrogens is 519 g/mol. The van der Waals surface area contributed by atoms with E-state index in [4.69, 9.17) is 0 Å². The topological polar surface area (TPSA) is 79.2 Å². The van der Waals surface area contributed by atoms with Crippen LogP contribution >= 0.6 is 0 Å². The third-order valence-corrected chi connectivity index (χ3v) is 6.76. The molecule has 202 valence electrons. The number of hydrogen-bond donors (Lipinski definition) is 3. The van der Waals surface area contributed by atoms with Crippen molar-refractivity contribution < 1.29 is 31.9 Å². The van der Waals surface area contributed by atoms with Crippen molar-refractivity contribution in [1.82, 2.24) is 15.2 Å². The maximum atomic E-state index is 14.8. The van der Waals surface area contributed by atoms with Gasteiger partial charge < -0.3 is 5.11 Å². The number of amides is 1. The van der Waals surface area contributed by atoms with Crippen LogP contribution in [0, 0.1) is 17.6 Å². The number of hydrogen-bond acceptors (Lipinski definition) is 4. The monoisotopic (exact) mass is 542 g/mol. The molecule has 11 heteroatoms. The minimum absolute atomic E-state index is 0.0369. The maximum Gasteiger partial charge on any atom is 0.425 e. The number of benzene rings is 3. The molecule has 0 bridgehead atoms. The van der Waals surface area contributed by atoms with Gasteiger partial charge in [-0.25, -0.2) is 8.78 Å². The number of alkyl halides is 3. The van der Waals surface area contributed by atoms with Crippen LogP contribution < -0.4 is 10.9 Å². The predicted molar refractivity (Wildman–Crippen MR) is 134 cm³/mol. The first-order valence-electron chi connectivity index (χ1n) is 12.0. The molecule has 0 spiro atoms. The van der Waals surface area contributed by atoms with Gasteiger partial charge in [-0.1, -0.05) is 38.1 Å². The van der Waals surface area contributed by atoms with E-state index in [0.29, 0.717) is 11.8 Å². The lowest BCUT2D eigenvalue weighted by atomic mass is 9.89. The smallest absolute Gasteiger partial charge is 0.372 e. The predicted octanol–water partition coefficient (Wildman–Crippen LogP) is 5.95. The number of carbonyl (C=O) groups is 1. The molecule has 1 aliphatic rings. The zero-order valence-electron chi connectivity index (χ0n) is 20.7. The molecule has 0 aliphatic heterocycles. The lowest BCUT2D eigenvalue weighted by Gasteiger charge is -2.28. The second-order valence-corrected chi connectivity index (χ2v) is 9.65. The van der Waals surface area contributed by atoms with Gasteiger partial charge in [-0.15, -0.1) is 0 Å². The third kappa shape index (κ3) is 4.42. The van der Waals surface area contributed by atoms with E-state index in [1.165, 1.54) is 65.6 Å². The summed E-state index contributed by atoms with van der Waals surface area (Å²) in [6.45, 7) is 3.56. The molecule has 39 heavy (non-hydrogen) atoms. The summed E-state index contributed by atoms with van der Waals surface area (Å²) < 4.78 is 71.9. The van der Waals surface area contributed by atoms with Gasteiger partial charge in [0.2, 0.25) is 5.60 Å². The van der Waals surface area contributed by atoms with Gasteiger partial charge in [0.05, 0.1) is 11.9 Å². The summed E-state index contributed by atoms with van der Waals surface area (Å²) in [5.74, 6) is -2.16. The molecule has 1 aliphatic carbocycles. The van der Waals surface area contributed by atoms with Crippen LogP contribution in [0.25, 0.3) is 22.3 Å². The van der Waals surface area contributed by atoms with Gasteiger partial charge in [0.1, 0.15) is 17.7 Å². The number of nitrogens with one attached hydrogen (secondary N) is 2. The van der Waals surface area contributed by atoms with Gasteiger partial charge in [0, 0.05) is 22.9 Å². The highest BCUT2D eigenvalue weighted by Gasteiger charge is 2.61. The SMILES string of the molecule is CC(C)C(C(=O)NNc1ccc(F)cc1)n1cc(-c2cc(F)cc3c2-c2ccccc2C3(O)C(F)(F)F)cn1. The second kappa shape index (κ2) is 9.49. The Morgan fingerprint density at radius 1 is 0.974 bits per heavy atom. The van der Waals surface area contributed by atoms with E-state index < -0.39 is 46.5 Å². The lowest BCUT2D eigenvalue weighted by Crippen LogP contribution is -2.41. The number of rotatable bonds is 6. The average molecular weight is 543 g/mol. The minimum atomic E-state index is -5.11. The quantitative estimate of drug-likeness (QED) is 0.208. The molecule has 5 rings (SSSR count). The number of aliphatic hydroxyl groups is 1. The summed E-state index contributed by atoms with van der Waals surface area (Å²) >= 11 is 0. The molecule has 4 aromatic rings. The van der Waals surface area contributed by atoms with Crippen molar-refractivity contribution in [2.45, 2.75) is 31.7 Å². The Morgan fingerprint density at radius 3 is 2.33 bits per heavy atom. The van der Waals surface area contributed by atoms with Gasteiger partial charge in [0.25, 0.3) is 5.91 Å². The van der Waals surface area contributed by atoms with Crippen LogP contribution in [0.1, 0.15) is 31.0 Å². The first-order valence-corrected chi connectivity index (χ1v) is 12.0. The number of anilines is 1. The largest absolute Gasteiger partial charge is 0.425 e. The van der Waals surface area contributed by atoms with Crippen LogP contribution in [0.4, 0.5) is 27.6 Å². The fourth-order valence-corrected chi connectivity index (χ4v) is 4.98. The zero-order valence-corrected chi connectivity index (χ0v) is 20.7. The van der Waals surface area contributed by atoms with Crippen LogP contribution in [-0.4, -0.2) is 27.0 Å². The highest BCUT2D eigenvalue weighted by Crippen LogP contribution is 2.57. The van der Waals surface area contributed by atoms with Gasteiger partial charge in [0.15, 0.2) is 0 Å². The highest BCUT2D eigenvalue weighted by atomic mass is 19.4. The Labute approximate surface area is 220 Å². The second-order valence-electron chi connectivity index (χ2n) is 9.65. The molecular formula is C28H23F5N4O2. The number of nitrogens with zero attached hydrogens (tertiary/aromatic N) is 2. The number of hydrazine groups is 1. The minimum Gasteiger partial charge on any atom is -0.372 e. The van der Waals surface area contributed by atoms with E-state index in [-0.39, 0.29) is 28.2 Å². The molecule has 2 unspecified atom stereocenters. The number of carbonyl (C=O) groups excluding carboxylic acids is 1. The van der Waals surface area contributed by atoms with Crippen molar-refractivity contribution in [2.75, 3.05) is 5.43 Å². The van der Waals surface area contributed by atoms with Crippen LogP contribution in [-0.2, 0) is 10.4 Å². The van der Waals surface area contributed by atoms with E-state index in [0.717, 1.165) is 6.07 Å². The van der Waals surface area contributed by atoms with Crippen molar-refractivity contribution in [3.8, 4) is 22.3 Å².